The highest BCUT2D eigenvalue weighted by Crippen LogP contribution is 2.39. The minimum atomic E-state index is -0.441. The lowest BCUT2D eigenvalue weighted by Crippen LogP contribution is -2.40. The van der Waals surface area contributed by atoms with Crippen molar-refractivity contribution < 1.29 is 23.6 Å². The number of carbonyl (C=O) groups is 2. The zero-order chi connectivity index (χ0) is 22.9. The molecular formula is C24H25N3O5. The Bertz CT molecular complexity index is 1180. The van der Waals surface area contributed by atoms with Crippen molar-refractivity contribution in [3.8, 4) is 34.3 Å². The van der Waals surface area contributed by atoms with Gasteiger partial charge in [-0.15, -0.1) is 0 Å². The van der Waals surface area contributed by atoms with E-state index in [1.165, 1.54) is 14.0 Å². The number of methoxy groups -OCH3 is 1. The molecule has 8 nitrogen and oxygen atoms in total. The van der Waals surface area contributed by atoms with Crippen molar-refractivity contribution in [3.63, 3.8) is 0 Å². The van der Waals surface area contributed by atoms with Crippen LogP contribution in [0.4, 0.5) is 5.69 Å². The standard InChI is InChI=1S/C24H25N3O5/c1-5-24(6-2)13-19(29)18-11-15(7-10-20(18)31-24)23-26-22(27-32-23)17-9-8-16(25-14(3)28)12-21(17)30-4/h7-12H,5-6,13H2,1-4H3,(H,25,28). The Morgan fingerprint density at radius 3 is 2.62 bits per heavy atom. The van der Waals surface area contributed by atoms with Gasteiger partial charge in [-0.25, -0.2) is 0 Å². The monoisotopic (exact) mass is 435 g/mol. The molecule has 1 aromatic heterocycles. The smallest absolute Gasteiger partial charge is 0.258 e. The third kappa shape index (κ3) is 3.95. The van der Waals surface area contributed by atoms with Crippen molar-refractivity contribution in [2.24, 2.45) is 0 Å². The van der Waals surface area contributed by atoms with Crippen molar-refractivity contribution in [2.45, 2.75) is 45.6 Å². The fourth-order valence-electron chi connectivity index (χ4n) is 3.88. The second kappa shape index (κ2) is 8.45. The van der Waals surface area contributed by atoms with Gasteiger partial charge in [0.05, 0.1) is 24.7 Å². The molecule has 0 saturated carbocycles. The molecule has 32 heavy (non-hydrogen) atoms. The highest BCUT2D eigenvalue weighted by atomic mass is 16.5. The summed E-state index contributed by atoms with van der Waals surface area (Å²) >= 11 is 0. The second-order valence-electron chi connectivity index (χ2n) is 7.82. The first-order chi connectivity index (χ1) is 15.4. The van der Waals surface area contributed by atoms with E-state index < -0.39 is 5.60 Å². The maximum Gasteiger partial charge on any atom is 0.258 e. The van der Waals surface area contributed by atoms with Crippen LogP contribution in [0.5, 0.6) is 11.5 Å². The molecule has 0 radical (unpaired) electrons. The first-order valence-electron chi connectivity index (χ1n) is 10.5. The van der Waals surface area contributed by atoms with E-state index in [2.05, 4.69) is 15.5 Å². The van der Waals surface area contributed by atoms with Crippen LogP contribution in [0.25, 0.3) is 22.8 Å². The van der Waals surface area contributed by atoms with E-state index in [4.69, 9.17) is 14.0 Å². The number of nitrogens with zero attached hydrogens (tertiary/aromatic N) is 2. The van der Waals surface area contributed by atoms with Crippen LogP contribution in [0.15, 0.2) is 40.9 Å². The molecule has 166 valence electrons. The van der Waals surface area contributed by atoms with Crippen LogP contribution in [0.1, 0.15) is 50.4 Å². The molecule has 4 rings (SSSR count). The van der Waals surface area contributed by atoms with Crippen LogP contribution in [0.2, 0.25) is 0 Å². The maximum atomic E-state index is 12.8. The Hall–Kier alpha value is -3.68. The summed E-state index contributed by atoms with van der Waals surface area (Å²) in [6.07, 6.45) is 1.89. The summed E-state index contributed by atoms with van der Waals surface area (Å²) in [4.78, 5) is 28.6. The third-order valence-corrected chi connectivity index (χ3v) is 5.81. The number of carbonyl (C=O) groups excluding carboxylic acids is 2. The molecule has 3 aromatic rings. The van der Waals surface area contributed by atoms with Crippen LogP contribution in [-0.4, -0.2) is 34.5 Å². The number of Topliss-reactive ketones (excluding diaryl/α,β-unsaturated/α-hetero) is 1. The fourth-order valence-corrected chi connectivity index (χ4v) is 3.88. The number of ether oxygens (including phenoxy) is 2. The number of fused-ring (bicyclic) bond motifs is 1. The van der Waals surface area contributed by atoms with E-state index in [-0.39, 0.29) is 17.6 Å². The molecule has 0 spiro atoms. The van der Waals surface area contributed by atoms with E-state index >= 15 is 0 Å². The van der Waals surface area contributed by atoms with E-state index in [1.807, 2.05) is 19.9 Å². The van der Waals surface area contributed by atoms with Crippen molar-refractivity contribution in [3.05, 3.63) is 42.0 Å². The highest BCUT2D eigenvalue weighted by Gasteiger charge is 2.38. The van der Waals surface area contributed by atoms with Gasteiger partial charge in [-0.05, 0) is 43.2 Å². The molecule has 0 aliphatic carbocycles. The summed E-state index contributed by atoms with van der Waals surface area (Å²) in [5.74, 6) is 1.57. The number of ketones is 1. The summed E-state index contributed by atoms with van der Waals surface area (Å²) in [6.45, 7) is 5.50. The van der Waals surface area contributed by atoms with Crippen LogP contribution < -0.4 is 14.8 Å². The molecule has 0 saturated heterocycles. The minimum absolute atomic E-state index is 0.0479. The third-order valence-electron chi connectivity index (χ3n) is 5.81. The molecule has 0 atom stereocenters. The second-order valence-corrected chi connectivity index (χ2v) is 7.82. The number of anilines is 1. The van der Waals surface area contributed by atoms with Crippen LogP contribution in [-0.2, 0) is 4.79 Å². The molecule has 1 N–H and O–H groups in total. The van der Waals surface area contributed by atoms with Crippen LogP contribution in [0, 0.1) is 0 Å². The number of nitrogens with one attached hydrogen (secondary N) is 1. The number of amides is 1. The average Bonchev–Trinajstić information content (AvgIpc) is 3.28. The Kier molecular flexibility index (Phi) is 5.69. The Balaban J connectivity index is 1.65. The van der Waals surface area contributed by atoms with Gasteiger partial charge < -0.3 is 19.3 Å². The topological polar surface area (TPSA) is 104 Å². The highest BCUT2D eigenvalue weighted by molar-refractivity contribution is 6.01. The van der Waals surface area contributed by atoms with E-state index in [0.717, 1.165) is 12.8 Å². The molecule has 0 unspecified atom stereocenters. The normalized spacial score (nSPS) is 14.4. The molecule has 2 heterocycles. The molecule has 0 fully saturated rings. The number of aromatic nitrogens is 2. The quantitative estimate of drug-likeness (QED) is 0.587. The molecule has 0 bridgehead atoms. The summed E-state index contributed by atoms with van der Waals surface area (Å²) in [7, 11) is 1.53. The minimum Gasteiger partial charge on any atom is -0.496 e. The number of hydrogen-bond acceptors (Lipinski definition) is 7. The average molecular weight is 435 g/mol. The number of rotatable bonds is 6. The van der Waals surface area contributed by atoms with Gasteiger partial charge in [0.15, 0.2) is 5.78 Å². The Labute approximate surface area is 185 Å². The molecular weight excluding hydrogens is 410 g/mol. The molecule has 2 aromatic carbocycles. The first kappa shape index (κ1) is 21.5. The van der Waals surface area contributed by atoms with Gasteiger partial charge >= 0.3 is 0 Å². The number of hydrogen-bond donors (Lipinski definition) is 1. The summed E-state index contributed by atoms with van der Waals surface area (Å²) in [5.41, 5.74) is 1.93. The Morgan fingerprint density at radius 1 is 1.16 bits per heavy atom. The van der Waals surface area contributed by atoms with Crippen molar-refractivity contribution in [2.75, 3.05) is 12.4 Å². The predicted molar refractivity (Wildman–Crippen MR) is 119 cm³/mol. The van der Waals surface area contributed by atoms with Gasteiger partial charge in [0.2, 0.25) is 11.7 Å². The van der Waals surface area contributed by atoms with Gasteiger partial charge in [0.25, 0.3) is 5.89 Å². The first-order valence-corrected chi connectivity index (χ1v) is 10.5. The van der Waals surface area contributed by atoms with Crippen molar-refractivity contribution in [1.29, 1.82) is 0 Å². The van der Waals surface area contributed by atoms with Gasteiger partial charge in [-0.2, -0.15) is 4.98 Å². The fraction of sp³-hybridized carbons (Fsp3) is 0.333. The number of benzene rings is 2. The maximum absolute atomic E-state index is 12.8. The van der Waals surface area contributed by atoms with E-state index in [0.29, 0.717) is 46.1 Å². The largest absolute Gasteiger partial charge is 0.496 e. The summed E-state index contributed by atoms with van der Waals surface area (Å²) in [5, 5.41) is 6.78. The van der Waals surface area contributed by atoms with E-state index in [1.54, 1.807) is 30.3 Å². The predicted octanol–water partition coefficient (Wildman–Crippen LogP) is 4.89. The van der Waals surface area contributed by atoms with Crippen molar-refractivity contribution >= 4 is 17.4 Å². The lowest BCUT2D eigenvalue weighted by Gasteiger charge is -2.36. The SMILES string of the molecule is CCC1(CC)CC(=O)c2cc(-c3nc(-c4ccc(NC(C)=O)cc4OC)no3)ccc2O1. The molecule has 1 amide bonds. The molecule has 8 heteroatoms. The van der Waals surface area contributed by atoms with Gasteiger partial charge in [-0.3, -0.25) is 9.59 Å². The molecule has 1 aliphatic rings. The van der Waals surface area contributed by atoms with Gasteiger partial charge in [0.1, 0.15) is 17.1 Å². The lowest BCUT2D eigenvalue weighted by atomic mass is 9.85. The van der Waals surface area contributed by atoms with Crippen molar-refractivity contribution in [1.82, 2.24) is 10.1 Å². The van der Waals surface area contributed by atoms with Gasteiger partial charge in [0, 0.05) is 24.2 Å². The lowest BCUT2D eigenvalue weighted by molar-refractivity contribution is -0.114. The Morgan fingerprint density at radius 2 is 1.94 bits per heavy atom. The van der Waals surface area contributed by atoms with E-state index in [9.17, 15) is 9.59 Å². The zero-order valence-electron chi connectivity index (χ0n) is 18.5. The summed E-state index contributed by atoms with van der Waals surface area (Å²) < 4.78 is 17.1. The molecule has 1 aliphatic heterocycles. The zero-order valence-corrected chi connectivity index (χ0v) is 18.5. The van der Waals surface area contributed by atoms with Crippen LogP contribution >= 0.6 is 0 Å². The summed E-state index contributed by atoms with van der Waals surface area (Å²) in [6, 6.07) is 10.5. The van der Waals surface area contributed by atoms with Crippen LogP contribution in [0.3, 0.4) is 0 Å². The van der Waals surface area contributed by atoms with Gasteiger partial charge in [-0.1, -0.05) is 19.0 Å².